The van der Waals surface area contributed by atoms with E-state index < -0.39 is 6.04 Å². The minimum atomic E-state index is -0.674. The lowest BCUT2D eigenvalue weighted by Gasteiger charge is -2.21. The summed E-state index contributed by atoms with van der Waals surface area (Å²) in [6, 6.07) is 13.8. The molecule has 1 aliphatic rings. The molecular formula is C21H22Cl2N2O2. The van der Waals surface area contributed by atoms with Gasteiger partial charge in [-0.25, -0.2) is 0 Å². The summed E-state index contributed by atoms with van der Waals surface area (Å²) in [6.45, 7) is 0. The number of benzene rings is 2. The zero-order valence-corrected chi connectivity index (χ0v) is 16.4. The van der Waals surface area contributed by atoms with Crippen molar-refractivity contribution >= 4 is 40.7 Å². The van der Waals surface area contributed by atoms with E-state index >= 15 is 0 Å². The minimum absolute atomic E-state index is 0.00445. The smallest absolute Gasteiger partial charge is 0.247 e. The molecule has 1 saturated carbocycles. The summed E-state index contributed by atoms with van der Waals surface area (Å²) in [5, 5.41) is 6.60. The van der Waals surface area contributed by atoms with Crippen LogP contribution in [0.5, 0.6) is 0 Å². The van der Waals surface area contributed by atoms with Gasteiger partial charge in [0.2, 0.25) is 11.8 Å². The van der Waals surface area contributed by atoms with Gasteiger partial charge < -0.3 is 10.6 Å². The zero-order chi connectivity index (χ0) is 19.2. The molecule has 6 heteroatoms. The summed E-state index contributed by atoms with van der Waals surface area (Å²) in [6.07, 6.45) is 4.31. The lowest BCUT2D eigenvalue weighted by Crippen LogP contribution is -2.47. The second-order valence-corrected chi connectivity index (χ2v) is 7.69. The van der Waals surface area contributed by atoms with Gasteiger partial charge >= 0.3 is 0 Å². The first-order valence-electron chi connectivity index (χ1n) is 9.13. The number of halogens is 2. The topological polar surface area (TPSA) is 58.2 Å². The first-order chi connectivity index (χ1) is 13.0. The normalized spacial score (nSPS) is 15.3. The van der Waals surface area contributed by atoms with Crippen molar-refractivity contribution in [2.24, 2.45) is 5.92 Å². The van der Waals surface area contributed by atoms with Crippen LogP contribution in [0.25, 0.3) is 0 Å². The van der Waals surface area contributed by atoms with Gasteiger partial charge in [-0.3, -0.25) is 9.59 Å². The van der Waals surface area contributed by atoms with Gasteiger partial charge in [0.25, 0.3) is 0 Å². The van der Waals surface area contributed by atoms with Gasteiger partial charge in [0, 0.05) is 17.4 Å². The third kappa shape index (κ3) is 5.47. The first-order valence-corrected chi connectivity index (χ1v) is 9.89. The number of carbonyl (C=O) groups is 2. The third-order valence-electron chi connectivity index (χ3n) is 4.83. The van der Waals surface area contributed by atoms with Gasteiger partial charge in [-0.15, -0.1) is 0 Å². The molecule has 2 N–H and O–H groups in total. The van der Waals surface area contributed by atoms with Gasteiger partial charge in [0.05, 0.1) is 10.7 Å². The van der Waals surface area contributed by atoms with Gasteiger partial charge in [0.1, 0.15) is 6.04 Å². The molecule has 4 nitrogen and oxygen atoms in total. The standard InChI is InChI=1S/C21H22Cl2N2O2/c22-16-10-11-18(17(23)13-16)24-21(27)19(12-14-6-2-1-3-7-14)25-20(26)15-8-4-5-9-15/h1-3,6-7,10-11,13,15,19H,4-5,8-9,12H2,(H,24,27)(H,25,26). The molecule has 0 radical (unpaired) electrons. The molecule has 1 aliphatic carbocycles. The summed E-state index contributed by atoms with van der Waals surface area (Å²) in [5.41, 5.74) is 1.45. The Bertz CT molecular complexity index is 805. The Hall–Kier alpha value is -2.04. The minimum Gasteiger partial charge on any atom is -0.344 e. The highest BCUT2D eigenvalue weighted by atomic mass is 35.5. The van der Waals surface area contributed by atoms with Crippen LogP contribution in [0.4, 0.5) is 5.69 Å². The third-order valence-corrected chi connectivity index (χ3v) is 5.38. The lowest BCUT2D eigenvalue weighted by atomic mass is 10.0. The molecule has 142 valence electrons. The Kier molecular flexibility index (Phi) is 6.75. The predicted octanol–water partition coefficient (Wildman–Crippen LogP) is 4.85. The highest BCUT2D eigenvalue weighted by molar-refractivity contribution is 6.36. The van der Waals surface area contributed by atoms with Crippen LogP contribution >= 0.6 is 23.2 Å². The number of anilines is 1. The Morgan fingerprint density at radius 2 is 1.74 bits per heavy atom. The van der Waals surface area contributed by atoms with E-state index in [1.807, 2.05) is 30.3 Å². The average molecular weight is 405 g/mol. The molecule has 1 unspecified atom stereocenters. The van der Waals surface area contributed by atoms with E-state index in [0.717, 1.165) is 31.2 Å². The second-order valence-electron chi connectivity index (χ2n) is 6.85. The van der Waals surface area contributed by atoms with E-state index in [9.17, 15) is 9.59 Å². The quantitative estimate of drug-likeness (QED) is 0.722. The average Bonchev–Trinajstić information content (AvgIpc) is 3.19. The van der Waals surface area contributed by atoms with E-state index in [4.69, 9.17) is 23.2 Å². The van der Waals surface area contributed by atoms with Crippen molar-refractivity contribution in [3.63, 3.8) is 0 Å². The van der Waals surface area contributed by atoms with Crippen LogP contribution in [0.2, 0.25) is 10.0 Å². The van der Waals surface area contributed by atoms with E-state index in [1.54, 1.807) is 18.2 Å². The van der Waals surface area contributed by atoms with Crippen LogP contribution < -0.4 is 10.6 Å². The molecule has 0 heterocycles. The van der Waals surface area contributed by atoms with Crippen LogP contribution in [0.3, 0.4) is 0 Å². The molecule has 0 saturated heterocycles. The highest BCUT2D eigenvalue weighted by Gasteiger charge is 2.28. The van der Waals surface area contributed by atoms with Crippen molar-refractivity contribution in [3.8, 4) is 0 Å². The molecule has 0 spiro atoms. The number of hydrogen-bond acceptors (Lipinski definition) is 2. The molecule has 3 rings (SSSR count). The predicted molar refractivity (Wildman–Crippen MR) is 109 cm³/mol. The molecule has 0 bridgehead atoms. The number of amides is 2. The maximum atomic E-state index is 12.9. The fourth-order valence-corrected chi connectivity index (χ4v) is 3.80. The summed E-state index contributed by atoms with van der Waals surface area (Å²) >= 11 is 12.1. The second kappa shape index (κ2) is 9.25. The van der Waals surface area contributed by atoms with Crippen LogP contribution in [0, 0.1) is 5.92 Å². The highest BCUT2D eigenvalue weighted by Crippen LogP contribution is 2.26. The van der Waals surface area contributed by atoms with Crippen LogP contribution in [-0.4, -0.2) is 17.9 Å². The fourth-order valence-electron chi connectivity index (χ4n) is 3.35. The molecule has 1 atom stereocenters. The molecule has 0 aromatic heterocycles. The summed E-state index contributed by atoms with van der Waals surface area (Å²) in [7, 11) is 0. The summed E-state index contributed by atoms with van der Waals surface area (Å²) in [5.74, 6) is -0.351. The van der Waals surface area contributed by atoms with Crippen molar-refractivity contribution in [1.82, 2.24) is 5.32 Å². The molecular weight excluding hydrogens is 383 g/mol. The molecule has 1 fully saturated rings. The van der Waals surface area contributed by atoms with Gasteiger partial charge in [-0.05, 0) is 36.6 Å². The maximum absolute atomic E-state index is 12.9. The fraction of sp³-hybridized carbons (Fsp3) is 0.333. The Morgan fingerprint density at radius 1 is 1.04 bits per heavy atom. The van der Waals surface area contributed by atoms with E-state index in [2.05, 4.69) is 10.6 Å². The first kappa shape index (κ1) is 19.7. The molecule has 27 heavy (non-hydrogen) atoms. The van der Waals surface area contributed by atoms with Gasteiger partial charge in [-0.2, -0.15) is 0 Å². The van der Waals surface area contributed by atoms with Crippen molar-refractivity contribution in [1.29, 1.82) is 0 Å². The van der Waals surface area contributed by atoms with E-state index in [1.165, 1.54) is 0 Å². The van der Waals surface area contributed by atoms with Gasteiger partial charge in [-0.1, -0.05) is 66.4 Å². The largest absolute Gasteiger partial charge is 0.344 e. The van der Waals surface area contributed by atoms with Gasteiger partial charge in [0.15, 0.2) is 0 Å². The zero-order valence-electron chi connectivity index (χ0n) is 14.9. The molecule has 0 aliphatic heterocycles. The lowest BCUT2D eigenvalue weighted by molar-refractivity contribution is -0.129. The Balaban J connectivity index is 1.74. The number of carbonyl (C=O) groups excluding carboxylic acids is 2. The van der Waals surface area contributed by atoms with Crippen molar-refractivity contribution < 1.29 is 9.59 Å². The molecule has 2 aromatic rings. The SMILES string of the molecule is O=C(NC(Cc1ccccc1)C(=O)Nc1ccc(Cl)cc1Cl)C1CCCC1. The van der Waals surface area contributed by atoms with Crippen LogP contribution in [0.15, 0.2) is 48.5 Å². The number of hydrogen-bond donors (Lipinski definition) is 2. The number of rotatable bonds is 6. The Morgan fingerprint density at radius 3 is 2.41 bits per heavy atom. The maximum Gasteiger partial charge on any atom is 0.247 e. The van der Waals surface area contributed by atoms with Crippen molar-refractivity contribution in [2.75, 3.05) is 5.32 Å². The molecule has 2 aromatic carbocycles. The van der Waals surface area contributed by atoms with Crippen LogP contribution in [-0.2, 0) is 16.0 Å². The molecule has 2 amide bonds. The number of nitrogens with one attached hydrogen (secondary N) is 2. The van der Waals surface area contributed by atoms with E-state index in [-0.39, 0.29) is 17.7 Å². The van der Waals surface area contributed by atoms with E-state index in [0.29, 0.717) is 22.2 Å². The van der Waals surface area contributed by atoms with Crippen LogP contribution in [0.1, 0.15) is 31.2 Å². The summed E-state index contributed by atoms with van der Waals surface area (Å²) in [4.78, 5) is 25.5. The van der Waals surface area contributed by atoms with Crippen molar-refractivity contribution in [2.45, 2.75) is 38.1 Å². The Labute approximate surface area is 169 Å². The monoisotopic (exact) mass is 404 g/mol. The summed E-state index contributed by atoms with van der Waals surface area (Å²) < 4.78 is 0. The van der Waals surface area contributed by atoms with Crippen molar-refractivity contribution in [3.05, 3.63) is 64.1 Å².